The third-order valence-electron chi connectivity index (χ3n) is 5.11. The smallest absolute Gasteiger partial charge is 0.322 e. The van der Waals surface area contributed by atoms with Crippen molar-refractivity contribution >= 4 is 17.7 Å². The molecular formula is C20H24FN7O2. The van der Waals surface area contributed by atoms with Gasteiger partial charge >= 0.3 is 12.0 Å². The third-order valence-corrected chi connectivity index (χ3v) is 5.11. The molecule has 1 fully saturated rings. The number of halogens is 1. The first-order valence-electron chi connectivity index (χ1n) is 10.0. The summed E-state index contributed by atoms with van der Waals surface area (Å²) >= 11 is 0. The maximum absolute atomic E-state index is 14.6. The monoisotopic (exact) mass is 413 g/mol. The van der Waals surface area contributed by atoms with Crippen LogP contribution in [0.4, 0.5) is 20.9 Å². The molecule has 9 nitrogen and oxygen atoms in total. The number of nitrogens with one attached hydrogen (secondary N) is 2. The average Bonchev–Trinajstić information content (AvgIpc) is 3.41. The van der Waals surface area contributed by atoms with E-state index in [9.17, 15) is 9.18 Å². The summed E-state index contributed by atoms with van der Waals surface area (Å²) in [6, 6.07) is 5.16. The molecule has 2 N–H and O–H groups in total. The molecular weight excluding hydrogens is 389 g/mol. The van der Waals surface area contributed by atoms with Crippen LogP contribution in [0.1, 0.15) is 25.5 Å². The quantitative estimate of drug-likeness (QED) is 0.603. The molecule has 4 rings (SSSR count). The lowest BCUT2D eigenvalue weighted by Crippen LogP contribution is -2.35. The van der Waals surface area contributed by atoms with Crippen LogP contribution in [0.5, 0.6) is 0 Å². The predicted octanol–water partition coefficient (Wildman–Crippen LogP) is 2.99. The van der Waals surface area contributed by atoms with E-state index in [0.717, 1.165) is 38.1 Å². The van der Waals surface area contributed by atoms with E-state index in [1.807, 2.05) is 11.8 Å². The molecule has 30 heavy (non-hydrogen) atoms. The Balaban J connectivity index is 1.31. The molecule has 1 saturated heterocycles. The molecule has 3 aromatic heterocycles. The van der Waals surface area contributed by atoms with Gasteiger partial charge in [-0.05, 0) is 43.9 Å². The summed E-state index contributed by atoms with van der Waals surface area (Å²) in [5.74, 6) is 1.11. The Bertz CT molecular complexity index is 981. The summed E-state index contributed by atoms with van der Waals surface area (Å²) < 4.78 is 21.7. The Morgan fingerprint density at radius 1 is 1.33 bits per heavy atom. The van der Waals surface area contributed by atoms with Gasteiger partial charge < -0.3 is 14.6 Å². The SMILES string of the molecule is CCNC(=O)Nc1ncc(CC2CCN(c3ccc(-n4cccn4)nc3F)CC2)o1. The molecule has 0 spiro atoms. The second kappa shape index (κ2) is 8.93. The van der Waals surface area contributed by atoms with Gasteiger partial charge in [0.15, 0.2) is 5.82 Å². The number of carbonyl (C=O) groups excluding carboxylic acids is 1. The highest BCUT2D eigenvalue weighted by Crippen LogP contribution is 2.28. The van der Waals surface area contributed by atoms with Crippen LogP contribution in [0, 0.1) is 11.9 Å². The van der Waals surface area contributed by atoms with E-state index in [2.05, 4.69) is 25.7 Å². The molecule has 0 aliphatic carbocycles. The number of urea groups is 1. The second-order valence-electron chi connectivity index (χ2n) is 7.18. The highest BCUT2D eigenvalue weighted by molar-refractivity contribution is 5.86. The summed E-state index contributed by atoms with van der Waals surface area (Å²) in [6.45, 7) is 3.84. The molecule has 1 aliphatic rings. The number of hydrogen-bond donors (Lipinski definition) is 2. The Kier molecular flexibility index (Phi) is 5.92. The molecule has 0 atom stereocenters. The van der Waals surface area contributed by atoms with Gasteiger partial charge in [-0.25, -0.2) is 14.5 Å². The molecule has 0 bridgehead atoms. The molecule has 3 aromatic rings. The zero-order valence-corrected chi connectivity index (χ0v) is 16.7. The second-order valence-corrected chi connectivity index (χ2v) is 7.18. The van der Waals surface area contributed by atoms with Crippen molar-refractivity contribution < 1.29 is 13.6 Å². The number of amides is 2. The van der Waals surface area contributed by atoms with Gasteiger partial charge in [-0.1, -0.05) is 0 Å². The summed E-state index contributed by atoms with van der Waals surface area (Å²) in [7, 11) is 0. The summed E-state index contributed by atoms with van der Waals surface area (Å²) in [6.07, 6.45) is 7.54. The van der Waals surface area contributed by atoms with Crippen LogP contribution in [0.25, 0.3) is 5.82 Å². The third kappa shape index (κ3) is 4.58. The highest BCUT2D eigenvalue weighted by atomic mass is 19.1. The zero-order chi connectivity index (χ0) is 20.9. The fraction of sp³-hybridized carbons (Fsp3) is 0.400. The average molecular weight is 413 g/mol. The summed E-state index contributed by atoms with van der Waals surface area (Å²) in [5, 5.41) is 9.26. The molecule has 0 aromatic carbocycles. The minimum atomic E-state index is -0.488. The number of nitrogens with zero attached hydrogens (tertiary/aromatic N) is 5. The van der Waals surface area contributed by atoms with Crippen molar-refractivity contribution in [3.63, 3.8) is 0 Å². The predicted molar refractivity (Wildman–Crippen MR) is 109 cm³/mol. The van der Waals surface area contributed by atoms with Crippen molar-refractivity contribution in [3.8, 4) is 5.82 Å². The van der Waals surface area contributed by atoms with Crippen LogP contribution < -0.4 is 15.5 Å². The topological polar surface area (TPSA) is 101 Å². The van der Waals surface area contributed by atoms with Gasteiger partial charge in [0, 0.05) is 38.4 Å². The fourth-order valence-corrected chi connectivity index (χ4v) is 3.61. The first-order chi connectivity index (χ1) is 14.6. The van der Waals surface area contributed by atoms with Crippen LogP contribution >= 0.6 is 0 Å². The lowest BCUT2D eigenvalue weighted by Gasteiger charge is -2.33. The van der Waals surface area contributed by atoms with Gasteiger partial charge in [0.25, 0.3) is 0 Å². The first-order valence-corrected chi connectivity index (χ1v) is 10.0. The number of pyridine rings is 1. The van der Waals surface area contributed by atoms with Gasteiger partial charge in [-0.15, -0.1) is 0 Å². The van der Waals surface area contributed by atoms with Gasteiger partial charge in [0.05, 0.1) is 11.9 Å². The minimum absolute atomic E-state index is 0.193. The summed E-state index contributed by atoms with van der Waals surface area (Å²) in [4.78, 5) is 21.7. The van der Waals surface area contributed by atoms with Gasteiger partial charge in [-0.2, -0.15) is 14.5 Å². The number of carbonyl (C=O) groups is 1. The molecule has 2 amide bonds. The lowest BCUT2D eigenvalue weighted by atomic mass is 9.92. The fourth-order valence-electron chi connectivity index (χ4n) is 3.61. The number of piperidine rings is 1. The minimum Gasteiger partial charge on any atom is -0.428 e. The number of anilines is 2. The van der Waals surface area contributed by atoms with Crippen LogP contribution in [-0.4, -0.2) is 45.4 Å². The Labute approximate surface area is 173 Å². The molecule has 4 heterocycles. The number of oxazole rings is 1. The van der Waals surface area contributed by atoms with Crippen molar-refractivity contribution in [1.82, 2.24) is 25.1 Å². The van der Waals surface area contributed by atoms with E-state index in [4.69, 9.17) is 4.42 Å². The normalized spacial score (nSPS) is 14.7. The largest absolute Gasteiger partial charge is 0.428 e. The maximum Gasteiger partial charge on any atom is 0.322 e. The standard InChI is InChI=1S/C20H24FN7O2/c1-2-22-19(29)26-20-23-13-15(30-20)12-14-6-10-27(11-7-14)16-4-5-17(25-18(16)21)28-9-3-8-24-28/h3-5,8-9,13-14H,2,6-7,10-12H2,1H3,(H2,22,23,26,29). The molecule has 0 saturated carbocycles. The van der Waals surface area contributed by atoms with Gasteiger partial charge in [-0.3, -0.25) is 5.32 Å². The Morgan fingerprint density at radius 2 is 2.17 bits per heavy atom. The maximum atomic E-state index is 14.6. The molecule has 0 radical (unpaired) electrons. The molecule has 1 aliphatic heterocycles. The van der Waals surface area contributed by atoms with Gasteiger partial charge in [0.1, 0.15) is 5.76 Å². The van der Waals surface area contributed by atoms with Crippen LogP contribution in [0.2, 0.25) is 0 Å². The van der Waals surface area contributed by atoms with E-state index in [1.54, 1.807) is 36.8 Å². The van der Waals surface area contributed by atoms with E-state index in [-0.39, 0.29) is 12.0 Å². The van der Waals surface area contributed by atoms with Crippen molar-refractivity contribution in [1.29, 1.82) is 0 Å². The van der Waals surface area contributed by atoms with E-state index in [1.165, 1.54) is 4.68 Å². The number of aromatic nitrogens is 4. The van der Waals surface area contributed by atoms with Crippen molar-refractivity contribution in [2.24, 2.45) is 5.92 Å². The molecule has 158 valence electrons. The van der Waals surface area contributed by atoms with Crippen molar-refractivity contribution in [2.45, 2.75) is 26.2 Å². The number of hydrogen-bond acceptors (Lipinski definition) is 6. The van der Waals surface area contributed by atoms with Crippen molar-refractivity contribution in [2.75, 3.05) is 29.9 Å². The van der Waals surface area contributed by atoms with E-state index < -0.39 is 5.95 Å². The molecule has 10 heteroatoms. The van der Waals surface area contributed by atoms with Crippen LogP contribution in [0.15, 0.2) is 41.2 Å². The lowest BCUT2D eigenvalue weighted by molar-refractivity contribution is 0.252. The van der Waals surface area contributed by atoms with Crippen molar-refractivity contribution in [3.05, 3.63) is 48.5 Å². The zero-order valence-electron chi connectivity index (χ0n) is 16.7. The van der Waals surface area contributed by atoms with Crippen LogP contribution in [-0.2, 0) is 6.42 Å². The number of rotatable bonds is 6. The van der Waals surface area contributed by atoms with E-state index in [0.29, 0.717) is 24.0 Å². The summed E-state index contributed by atoms with van der Waals surface area (Å²) in [5.41, 5.74) is 0.512. The Hall–Kier alpha value is -3.43. The Morgan fingerprint density at radius 3 is 2.87 bits per heavy atom. The highest BCUT2D eigenvalue weighted by Gasteiger charge is 2.23. The molecule has 0 unspecified atom stereocenters. The van der Waals surface area contributed by atoms with Gasteiger partial charge in [0.2, 0.25) is 5.95 Å². The first kappa shape index (κ1) is 19.9. The van der Waals surface area contributed by atoms with E-state index >= 15 is 0 Å². The van der Waals surface area contributed by atoms with Crippen LogP contribution in [0.3, 0.4) is 0 Å².